The number of benzene rings is 1. The summed E-state index contributed by atoms with van der Waals surface area (Å²) in [6.45, 7) is 2.99. The van der Waals surface area contributed by atoms with Gasteiger partial charge in [0.2, 0.25) is 5.88 Å². The number of ether oxygens (including phenoxy) is 2. The van der Waals surface area contributed by atoms with Crippen LogP contribution in [0.15, 0.2) is 30.7 Å². The van der Waals surface area contributed by atoms with Crippen LogP contribution in [0.2, 0.25) is 0 Å². The molecule has 3 heterocycles. The molecule has 0 unspecified atom stereocenters. The van der Waals surface area contributed by atoms with Crippen molar-refractivity contribution in [1.82, 2.24) is 19.6 Å². The summed E-state index contributed by atoms with van der Waals surface area (Å²) in [4.78, 5) is 7.20. The SMILES string of the molecule is Cc1cc2c(F)c(Oc3ncnn4cc(OCCF)c(C)c34)ccc2[nH]1. The number of rotatable bonds is 5. The number of nitrogens with one attached hydrogen (secondary N) is 1. The Morgan fingerprint density at radius 3 is 2.88 bits per heavy atom. The first kappa shape index (κ1) is 16.3. The number of aryl methyl sites for hydroxylation is 2. The van der Waals surface area contributed by atoms with E-state index in [-0.39, 0.29) is 18.2 Å². The van der Waals surface area contributed by atoms with E-state index in [1.807, 2.05) is 6.92 Å². The molecule has 134 valence electrons. The number of hydrogen-bond donors (Lipinski definition) is 1. The molecular weight excluding hydrogens is 342 g/mol. The van der Waals surface area contributed by atoms with Gasteiger partial charge < -0.3 is 14.5 Å². The van der Waals surface area contributed by atoms with Crippen LogP contribution in [0, 0.1) is 19.7 Å². The first-order chi connectivity index (χ1) is 12.6. The minimum atomic E-state index is -0.595. The molecule has 1 aromatic carbocycles. The number of aromatic amines is 1. The predicted octanol–water partition coefficient (Wildman–Crippen LogP) is 4.11. The van der Waals surface area contributed by atoms with Crippen molar-refractivity contribution >= 4 is 16.4 Å². The van der Waals surface area contributed by atoms with Gasteiger partial charge in [-0.25, -0.2) is 13.3 Å². The summed E-state index contributed by atoms with van der Waals surface area (Å²) < 4.78 is 39.8. The molecule has 0 fully saturated rings. The van der Waals surface area contributed by atoms with Gasteiger partial charge in [-0.1, -0.05) is 0 Å². The number of nitrogens with zero attached hydrogens (tertiary/aromatic N) is 3. The van der Waals surface area contributed by atoms with Gasteiger partial charge in [0.05, 0.1) is 6.20 Å². The molecule has 4 aromatic rings. The van der Waals surface area contributed by atoms with Crippen LogP contribution in [0.4, 0.5) is 8.78 Å². The molecule has 0 bridgehead atoms. The summed E-state index contributed by atoms with van der Waals surface area (Å²) >= 11 is 0. The van der Waals surface area contributed by atoms with E-state index in [2.05, 4.69) is 15.1 Å². The Hall–Kier alpha value is -3.16. The second-order valence-corrected chi connectivity index (χ2v) is 5.91. The number of H-pyrrole nitrogens is 1. The zero-order valence-corrected chi connectivity index (χ0v) is 14.2. The van der Waals surface area contributed by atoms with Gasteiger partial charge in [-0.2, -0.15) is 10.1 Å². The van der Waals surface area contributed by atoms with Crippen molar-refractivity contribution in [3.05, 3.63) is 47.8 Å². The maximum atomic E-state index is 14.8. The lowest BCUT2D eigenvalue weighted by molar-refractivity contribution is 0.272. The quantitative estimate of drug-likeness (QED) is 0.583. The molecular formula is C18H16F2N4O2. The van der Waals surface area contributed by atoms with Crippen LogP contribution in [-0.2, 0) is 0 Å². The van der Waals surface area contributed by atoms with Crippen molar-refractivity contribution in [1.29, 1.82) is 0 Å². The largest absolute Gasteiger partial charge is 0.489 e. The number of alkyl halides is 1. The highest BCUT2D eigenvalue weighted by Gasteiger charge is 2.18. The second kappa shape index (κ2) is 6.29. The normalized spacial score (nSPS) is 11.4. The number of halogens is 2. The lowest BCUT2D eigenvalue weighted by Gasteiger charge is -2.08. The molecule has 0 amide bonds. The van der Waals surface area contributed by atoms with Crippen molar-refractivity contribution in [2.75, 3.05) is 13.3 Å². The zero-order valence-electron chi connectivity index (χ0n) is 14.2. The molecule has 0 aliphatic carbocycles. The van der Waals surface area contributed by atoms with E-state index in [4.69, 9.17) is 9.47 Å². The Bertz CT molecular complexity index is 1100. The third kappa shape index (κ3) is 2.63. The summed E-state index contributed by atoms with van der Waals surface area (Å²) in [5.74, 6) is 0.258. The first-order valence-corrected chi connectivity index (χ1v) is 8.06. The highest BCUT2D eigenvalue weighted by atomic mass is 19.1. The number of aromatic nitrogens is 4. The zero-order chi connectivity index (χ0) is 18.3. The van der Waals surface area contributed by atoms with E-state index in [9.17, 15) is 8.78 Å². The highest BCUT2D eigenvalue weighted by molar-refractivity contribution is 5.83. The van der Waals surface area contributed by atoms with Crippen molar-refractivity contribution in [2.45, 2.75) is 13.8 Å². The lowest BCUT2D eigenvalue weighted by atomic mass is 10.2. The average Bonchev–Trinajstić information content (AvgIpc) is 3.16. The fourth-order valence-electron chi connectivity index (χ4n) is 2.95. The second-order valence-electron chi connectivity index (χ2n) is 5.91. The summed E-state index contributed by atoms with van der Waals surface area (Å²) in [5.41, 5.74) is 2.78. The monoisotopic (exact) mass is 358 g/mol. The maximum absolute atomic E-state index is 14.8. The van der Waals surface area contributed by atoms with Gasteiger partial charge in [0.25, 0.3) is 0 Å². The Morgan fingerprint density at radius 2 is 2.08 bits per heavy atom. The average molecular weight is 358 g/mol. The van der Waals surface area contributed by atoms with Crippen molar-refractivity contribution in [3.8, 4) is 17.4 Å². The van der Waals surface area contributed by atoms with Gasteiger partial charge >= 0.3 is 0 Å². The molecule has 0 radical (unpaired) electrons. The number of fused-ring (bicyclic) bond motifs is 2. The van der Waals surface area contributed by atoms with Gasteiger partial charge in [0.15, 0.2) is 11.6 Å². The van der Waals surface area contributed by atoms with Crippen LogP contribution in [0.5, 0.6) is 17.4 Å². The van der Waals surface area contributed by atoms with Crippen LogP contribution < -0.4 is 9.47 Å². The van der Waals surface area contributed by atoms with E-state index in [0.29, 0.717) is 27.7 Å². The van der Waals surface area contributed by atoms with E-state index >= 15 is 0 Å². The van der Waals surface area contributed by atoms with E-state index in [1.54, 1.807) is 31.3 Å². The molecule has 6 nitrogen and oxygen atoms in total. The van der Waals surface area contributed by atoms with Crippen LogP contribution in [0.1, 0.15) is 11.3 Å². The Morgan fingerprint density at radius 1 is 1.23 bits per heavy atom. The van der Waals surface area contributed by atoms with Crippen molar-refractivity contribution in [2.24, 2.45) is 0 Å². The molecule has 4 rings (SSSR count). The molecule has 0 saturated carbocycles. The first-order valence-electron chi connectivity index (χ1n) is 8.06. The van der Waals surface area contributed by atoms with Gasteiger partial charge in [-0.15, -0.1) is 0 Å². The van der Waals surface area contributed by atoms with Crippen molar-refractivity contribution in [3.63, 3.8) is 0 Å². The van der Waals surface area contributed by atoms with E-state index < -0.39 is 12.5 Å². The van der Waals surface area contributed by atoms with Gasteiger partial charge in [0, 0.05) is 22.2 Å². The van der Waals surface area contributed by atoms with E-state index in [1.165, 1.54) is 10.8 Å². The molecule has 8 heteroatoms. The topological polar surface area (TPSA) is 64.4 Å². The Kier molecular flexibility index (Phi) is 3.95. The molecule has 0 aliphatic rings. The third-order valence-electron chi connectivity index (χ3n) is 4.13. The minimum absolute atomic E-state index is 0.0561. The van der Waals surface area contributed by atoms with Gasteiger partial charge in [-0.05, 0) is 32.0 Å². The molecule has 26 heavy (non-hydrogen) atoms. The smallest absolute Gasteiger partial charge is 0.247 e. The maximum Gasteiger partial charge on any atom is 0.247 e. The van der Waals surface area contributed by atoms with Gasteiger partial charge in [0.1, 0.15) is 30.9 Å². The van der Waals surface area contributed by atoms with Crippen LogP contribution in [0.25, 0.3) is 16.4 Å². The lowest BCUT2D eigenvalue weighted by Crippen LogP contribution is -1.98. The summed E-state index contributed by atoms with van der Waals surface area (Å²) in [6, 6.07) is 5.02. The summed E-state index contributed by atoms with van der Waals surface area (Å²) in [6.07, 6.45) is 2.92. The fourth-order valence-corrected chi connectivity index (χ4v) is 2.95. The molecule has 0 spiro atoms. The van der Waals surface area contributed by atoms with Crippen LogP contribution in [0.3, 0.4) is 0 Å². The predicted molar refractivity (Wildman–Crippen MR) is 92.3 cm³/mol. The summed E-state index contributed by atoms with van der Waals surface area (Å²) in [5, 5.41) is 4.55. The molecule has 3 aromatic heterocycles. The Labute approximate surface area is 147 Å². The molecule has 0 saturated heterocycles. The van der Waals surface area contributed by atoms with Crippen LogP contribution >= 0.6 is 0 Å². The fraction of sp³-hybridized carbons (Fsp3) is 0.222. The minimum Gasteiger partial charge on any atom is -0.489 e. The summed E-state index contributed by atoms with van der Waals surface area (Å²) in [7, 11) is 0. The van der Waals surface area contributed by atoms with Gasteiger partial charge in [-0.3, -0.25) is 0 Å². The molecule has 0 atom stereocenters. The molecule has 0 aliphatic heterocycles. The highest BCUT2D eigenvalue weighted by Crippen LogP contribution is 2.34. The van der Waals surface area contributed by atoms with E-state index in [0.717, 1.165) is 5.69 Å². The third-order valence-corrected chi connectivity index (χ3v) is 4.13. The molecule has 1 N–H and O–H groups in total. The van der Waals surface area contributed by atoms with Crippen LogP contribution in [-0.4, -0.2) is 32.9 Å². The Balaban J connectivity index is 1.77. The number of hydrogen-bond acceptors (Lipinski definition) is 4. The van der Waals surface area contributed by atoms with Crippen molar-refractivity contribution < 1.29 is 18.3 Å². The standard InChI is InChI=1S/C18H16F2N4O2/c1-10-7-12-13(23-10)3-4-14(16(12)20)26-18-17-11(2)15(25-6-5-19)8-24(17)22-9-21-18/h3-4,7-9,23H,5-6H2,1-2H3.